The van der Waals surface area contributed by atoms with Crippen LogP contribution in [0.25, 0.3) is 11.3 Å². The first-order chi connectivity index (χ1) is 14.3. The van der Waals surface area contributed by atoms with Crippen molar-refractivity contribution in [1.29, 1.82) is 0 Å². The van der Waals surface area contributed by atoms with Gasteiger partial charge in [0.1, 0.15) is 0 Å². The Kier molecular flexibility index (Phi) is 6.32. The van der Waals surface area contributed by atoms with Crippen LogP contribution >= 0.6 is 0 Å². The molecule has 0 spiro atoms. The van der Waals surface area contributed by atoms with E-state index in [1.54, 1.807) is 18.5 Å². The van der Waals surface area contributed by atoms with Gasteiger partial charge in [-0.25, -0.2) is 4.98 Å². The molecule has 1 saturated heterocycles. The first-order valence-corrected chi connectivity index (χ1v) is 10.3. The maximum absolute atomic E-state index is 12.1. The smallest absolute Gasteiger partial charge is 0.252 e. The zero-order chi connectivity index (χ0) is 19.9. The van der Waals surface area contributed by atoms with E-state index in [1.807, 2.05) is 12.1 Å². The molecule has 150 valence electrons. The van der Waals surface area contributed by atoms with Crippen molar-refractivity contribution in [3.05, 3.63) is 76.8 Å². The lowest BCUT2D eigenvalue weighted by Crippen LogP contribution is -2.47. The molecule has 0 radical (unpaired) electrons. The molecule has 0 bridgehead atoms. The Morgan fingerprint density at radius 3 is 2.45 bits per heavy atom. The van der Waals surface area contributed by atoms with Crippen LogP contribution < -0.4 is 10.5 Å². The Balaban J connectivity index is 1.28. The van der Waals surface area contributed by atoms with Gasteiger partial charge in [0.05, 0.1) is 5.69 Å². The number of benzene rings is 1. The fourth-order valence-electron chi connectivity index (χ4n) is 3.76. The highest BCUT2D eigenvalue weighted by atomic mass is 16.1. The van der Waals surface area contributed by atoms with Gasteiger partial charge in [-0.1, -0.05) is 30.3 Å². The maximum Gasteiger partial charge on any atom is 0.252 e. The number of aromatic nitrogens is 3. The van der Waals surface area contributed by atoms with E-state index in [-0.39, 0.29) is 5.56 Å². The quantitative estimate of drug-likeness (QED) is 0.630. The summed E-state index contributed by atoms with van der Waals surface area (Å²) >= 11 is 0. The molecule has 4 rings (SSSR count). The zero-order valence-electron chi connectivity index (χ0n) is 16.6. The Labute approximate surface area is 171 Å². The second-order valence-electron chi connectivity index (χ2n) is 7.46. The van der Waals surface area contributed by atoms with E-state index in [1.165, 1.54) is 18.4 Å². The molecule has 29 heavy (non-hydrogen) atoms. The second kappa shape index (κ2) is 9.47. The van der Waals surface area contributed by atoms with Crippen LogP contribution in [0.5, 0.6) is 0 Å². The number of aromatic amines is 1. The molecule has 0 atom stereocenters. The largest absolute Gasteiger partial charge is 0.340 e. The SMILES string of the molecule is O=c1cc(-c2ccncc2)nc(N2CCN(CCCCc3ccccc3)CC2)[nH]1. The van der Waals surface area contributed by atoms with Crippen molar-refractivity contribution in [3.8, 4) is 11.3 Å². The number of H-pyrrole nitrogens is 1. The predicted octanol–water partition coefficient (Wildman–Crippen LogP) is 2.98. The van der Waals surface area contributed by atoms with Gasteiger partial charge < -0.3 is 4.90 Å². The lowest BCUT2D eigenvalue weighted by molar-refractivity contribution is 0.252. The molecule has 0 amide bonds. The fourth-order valence-corrected chi connectivity index (χ4v) is 3.76. The number of rotatable bonds is 7. The van der Waals surface area contributed by atoms with Crippen LogP contribution in [-0.2, 0) is 6.42 Å². The molecule has 0 aliphatic carbocycles. The first-order valence-electron chi connectivity index (χ1n) is 10.3. The highest BCUT2D eigenvalue weighted by Gasteiger charge is 2.19. The number of unbranched alkanes of at least 4 members (excludes halogenated alkanes) is 1. The van der Waals surface area contributed by atoms with E-state index in [4.69, 9.17) is 0 Å². The molecule has 6 nitrogen and oxygen atoms in total. The Hall–Kier alpha value is -2.99. The monoisotopic (exact) mass is 389 g/mol. The normalized spacial score (nSPS) is 14.8. The number of anilines is 1. The summed E-state index contributed by atoms with van der Waals surface area (Å²) in [6.45, 7) is 4.87. The van der Waals surface area contributed by atoms with Crippen molar-refractivity contribution in [2.24, 2.45) is 0 Å². The van der Waals surface area contributed by atoms with Crippen LogP contribution in [0.1, 0.15) is 18.4 Å². The lowest BCUT2D eigenvalue weighted by Gasteiger charge is -2.35. The van der Waals surface area contributed by atoms with Crippen LogP contribution in [0.15, 0.2) is 65.7 Å². The number of piperazine rings is 1. The fraction of sp³-hybridized carbons (Fsp3) is 0.348. The molecule has 3 aromatic rings. The first kappa shape index (κ1) is 19.3. The molecule has 1 aliphatic heterocycles. The highest BCUT2D eigenvalue weighted by molar-refractivity contribution is 5.59. The van der Waals surface area contributed by atoms with Crippen molar-refractivity contribution < 1.29 is 0 Å². The van der Waals surface area contributed by atoms with Gasteiger partial charge in [-0.05, 0) is 43.5 Å². The number of nitrogens with one attached hydrogen (secondary N) is 1. The Morgan fingerprint density at radius 2 is 1.69 bits per heavy atom. The summed E-state index contributed by atoms with van der Waals surface area (Å²) in [5.74, 6) is 0.660. The minimum atomic E-state index is -0.120. The van der Waals surface area contributed by atoms with Crippen LogP contribution in [0, 0.1) is 0 Å². The molecule has 3 heterocycles. The van der Waals surface area contributed by atoms with Crippen molar-refractivity contribution in [2.45, 2.75) is 19.3 Å². The molecule has 1 aromatic carbocycles. The average molecular weight is 390 g/mol. The minimum absolute atomic E-state index is 0.120. The molecular formula is C23H27N5O. The van der Waals surface area contributed by atoms with Gasteiger partial charge in [0, 0.05) is 50.2 Å². The van der Waals surface area contributed by atoms with E-state index in [2.05, 4.69) is 55.1 Å². The standard InChI is InChI=1S/C23H27N5O/c29-22-18-21(20-9-11-24-12-10-20)25-23(26-22)28-16-14-27(15-17-28)13-5-4-8-19-6-2-1-3-7-19/h1-3,6-7,9-12,18H,4-5,8,13-17H2,(H,25,26,29). The summed E-state index contributed by atoms with van der Waals surface area (Å²) in [7, 11) is 0. The number of nitrogens with zero attached hydrogens (tertiary/aromatic N) is 4. The number of aryl methyl sites for hydroxylation is 1. The third-order valence-electron chi connectivity index (χ3n) is 5.41. The van der Waals surface area contributed by atoms with Gasteiger partial charge in [0.15, 0.2) is 0 Å². The van der Waals surface area contributed by atoms with Gasteiger partial charge >= 0.3 is 0 Å². The van der Waals surface area contributed by atoms with Crippen LogP contribution in [0.3, 0.4) is 0 Å². The number of hydrogen-bond donors (Lipinski definition) is 1. The summed E-state index contributed by atoms with van der Waals surface area (Å²) in [4.78, 5) is 28.4. The molecule has 0 unspecified atom stereocenters. The predicted molar refractivity (Wildman–Crippen MR) is 116 cm³/mol. The van der Waals surface area contributed by atoms with Crippen molar-refractivity contribution in [1.82, 2.24) is 19.9 Å². The summed E-state index contributed by atoms with van der Waals surface area (Å²) in [5.41, 5.74) is 2.89. The lowest BCUT2D eigenvalue weighted by atomic mass is 10.1. The second-order valence-corrected chi connectivity index (χ2v) is 7.46. The summed E-state index contributed by atoms with van der Waals surface area (Å²) in [6.07, 6.45) is 7.01. The topological polar surface area (TPSA) is 65.1 Å². The summed E-state index contributed by atoms with van der Waals surface area (Å²) in [5, 5.41) is 0. The third-order valence-corrected chi connectivity index (χ3v) is 5.41. The van der Waals surface area contributed by atoms with Gasteiger partial charge in [0.2, 0.25) is 5.95 Å². The van der Waals surface area contributed by atoms with Gasteiger partial charge in [-0.2, -0.15) is 0 Å². The minimum Gasteiger partial charge on any atom is -0.340 e. The molecular weight excluding hydrogens is 362 g/mol. The highest BCUT2D eigenvalue weighted by Crippen LogP contribution is 2.17. The third kappa shape index (κ3) is 5.29. The van der Waals surface area contributed by atoms with E-state index in [0.717, 1.165) is 44.7 Å². The van der Waals surface area contributed by atoms with Crippen LogP contribution in [0.4, 0.5) is 5.95 Å². The van der Waals surface area contributed by atoms with E-state index >= 15 is 0 Å². The Morgan fingerprint density at radius 1 is 0.931 bits per heavy atom. The zero-order valence-corrected chi connectivity index (χ0v) is 16.6. The molecule has 1 aliphatic rings. The van der Waals surface area contributed by atoms with Crippen LogP contribution in [0.2, 0.25) is 0 Å². The summed E-state index contributed by atoms with van der Waals surface area (Å²) in [6, 6.07) is 16.0. The number of hydrogen-bond acceptors (Lipinski definition) is 5. The molecule has 0 saturated carbocycles. The van der Waals surface area contributed by atoms with E-state index in [0.29, 0.717) is 11.6 Å². The van der Waals surface area contributed by atoms with Crippen molar-refractivity contribution >= 4 is 5.95 Å². The molecule has 1 N–H and O–H groups in total. The molecule has 2 aromatic heterocycles. The summed E-state index contributed by atoms with van der Waals surface area (Å²) < 4.78 is 0. The van der Waals surface area contributed by atoms with E-state index in [9.17, 15) is 4.79 Å². The average Bonchev–Trinajstić information content (AvgIpc) is 2.78. The van der Waals surface area contributed by atoms with Gasteiger partial charge in [-0.3, -0.25) is 19.7 Å². The molecule has 1 fully saturated rings. The molecule has 6 heteroatoms. The maximum atomic E-state index is 12.1. The van der Waals surface area contributed by atoms with Gasteiger partial charge in [0.25, 0.3) is 5.56 Å². The van der Waals surface area contributed by atoms with Crippen molar-refractivity contribution in [3.63, 3.8) is 0 Å². The van der Waals surface area contributed by atoms with Crippen LogP contribution in [-0.4, -0.2) is 52.6 Å². The Bertz CT molecular complexity index is 950. The van der Waals surface area contributed by atoms with Crippen molar-refractivity contribution in [2.75, 3.05) is 37.6 Å². The van der Waals surface area contributed by atoms with Gasteiger partial charge in [-0.15, -0.1) is 0 Å². The van der Waals surface area contributed by atoms with E-state index < -0.39 is 0 Å². The number of pyridine rings is 1.